The Labute approximate surface area is 323 Å². The predicted molar refractivity (Wildman–Crippen MR) is 231 cm³/mol. The zero-order chi connectivity index (χ0) is 36.7. The molecular formula is C50H52N2S. The summed E-state index contributed by atoms with van der Waals surface area (Å²) < 4.78 is 0. The molecule has 53 heavy (non-hydrogen) atoms. The second-order valence-electron chi connectivity index (χ2n) is 15.0. The first-order chi connectivity index (χ1) is 25.8. The van der Waals surface area contributed by atoms with Crippen LogP contribution in [0, 0.1) is 17.8 Å². The highest BCUT2D eigenvalue weighted by atomic mass is 32.1. The minimum absolute atomic E-state index is 0.232. The lowest BCUT2D eigenvalue weighted by Gasteiger charge is -2.43. The summed E-state index contributed by atoms with van der Waals surface area (Å²) in [4.78, 5) is 3.63. The van der Waals surface area contributed by atoms with E-state index in [0.29, 0.717) is 23.7 Å². The monoisotopic (exact) mass is 712 g/mol. The van der Waals surface area contributed by atoms with Crippen LogP contribution in [-0.2, 0) is 0 Å². The van der Waals surface area contributed by atoms with Gasteiger partial charge in [-0.1, -0.05) is 153 Å². The Bertz CT molecular complexity index is 2070. The van der Waals surface area contributed by atoms with Crippen molar-refractivity contribution in [2.24, 2.45) is 17.8 Å². The maximum Gasteiger partial charge on any atom is 0.0500 e. The molecule has 2 nitrogen and oxygen atoms in total. The van der Waals surface area contributed by atoms with Crippen molar-refractivity contribution in [2.75, 3.05) is 11.9 Å². The summed E-state index contributed by atoms with van der Waals surface area (Å²) in [5.41, 5.74) is 12.9. The van der Waals surface area contributed by atoms with Gasteiger partial charge in [-0.05, 0) is 102 Å². The van der Waals surface area contributed by atoms with Gasteiger partial charge in [0.25, 0.3) is 0 Å². The van der Waals surface area contributed by atoms with Crippen molar-refractivity contribution >= 4 is 29.5 Å². The van der Waals surface area contributed by atoms with E-state index in [1.807, 2.05) is 18.2 Å². The van der Waals surface area contributed by atoms with Crippen molar-refractivity contribution in [3.63, 3.8) is 0 Å². The van der Waals surface area contributed by atoms with Crippen LogP contribution >= 0.6 is 12.6 Å². The van der Waals surface area contributed by atoms with E-state index < -0.39 is 0 Å². The van der Waals surface area contributed by atoms with E-state index in [2.05, 4.69) is 177 Å². The number of benzene rings is 3. The van der Waals surface area contributed by atoms with Crippen molar-refractivity contribution in [3.8, 4) is 0 Å². The molecule has 0 spiro atoms. The second kappa shape index (κ2) is 16.8. The van der Waals surface area contributed by atoms with E-state index in [9.17, 15) is 0 Å². The first-order valence-electron chi connectivity index (χ1n) is 19.2. The van der Waals surface area contributed by atoms with Crippen molar-refractivity contribution in [2.45, 2.75) is 52.0 Å². The molecule has 7 rings (SSSR count). The number of nitrogens with one attached hydrogen (secondary N) is 1. The van der Waals surface area contributed by atoms with Crippen molar-refractivity contribution in [3.05, 3.63) is 209 Å². The molecule has 3 heteroatoms. The number of fused-ring (bicyclic) bond motifs is 1. The number of anilines is 1. The Morgan fingerprint density at radius 3 is 2.30 bits per heavy atom. The molecule has 3 aliphatic carbocycles. The molecule has 0 fully saturated rings. The number of thiol groups is 1. The third-order valence-corrected chi connectivity index (χ3v) is 11.7. The lowest BCUT2D eigenvalue weighted by Crippen LogP contribution is -2.43. The molecule has 0 saturated heterocycles. The van der Waals surface area contributed by atoms with Crippen LogP contribution in [0.3, 0.4) is 0 Å². The fourth-order valence-corrected chi connectivity index (χ4v) is 8.54. The maximum absolute atomic E-state index is 4.92. The van der Waals surface area contributed by atoms with E-state index in [-0.39, 0.29) is 6.04 Å². The van der Waals surface area contributed by atoms with Crippen LogP contribution < -0.4 is 5.32 Å². The Morgan fingerprint density at radius 2 is 1.57 bits per heavy atom. The van der Waals surface area contributed by atoms with Crippen molar-refractivity contribution < 1.29 is 0 Å². The molecule has 1 heterocycles. The van der Waals surface area contributed by atoms with E-state index in [4.69, 9.17) is 12.6 Å². The number of hydrogen-bond acceptors (Lipinski definition) is 3. The first kappa shape index (κ1) is 36.4. The van der Waals surface area contributed by atoms with Gasteiger partial charge in [-0.25, -0.2) is 0 Å². The average molecular weight is 713 g/mol. The van der Waals surface area contributed by atoms with E-state index in [1.165, 1.54) is 44.9 Å². The van der Waals surface area contributed by atoms with Gasteiger partial charge in [0.05, 0.1) is 6.04 Å². The highest BCUT2D eigenvalue weighted by Crippen LogP contribution is 2.41. The third kappa shape index (κ3) is 8.64. The lowest BCUT2D eigenvalue weighted by atomic mass is 9.78. The largest absolute Gasteiger partial charge is 0.380 e. The highest BCUT2D eigenvalue weighted by Gasteiger charge is 2.34. The Balaban J connectivity index is 1.09. The molecule has 0 bridgehead atoms. The summed E-state index contributed by atoms with van der Waals surface area (Å²) in [6.07, 6.45) is 30.1. The standard InChI is InChI=1S/C50H52N2S/c1-35(39-16-7-5-8-17-39)14-12-23-49(53)42-26-30-46(31-27-42)52-34-47(37(3)32-38(4)50-36(2)15-11-22-48(50)52)51-45-28-24-41(25-29-45)44-21-13-20-43(33-44)40-18-9-6-10-19-40/h5-26,28-30,32,36-37,44,47,50-51,53H,1,27,31,33-34H2,2-4H3/b14-12-,38-32+,49-23-. The van der Waals surface area contributed by atoms with Gasteiger partial charge in [0, 0.05) is 40.4 Å². The average Bonchev–Trinajstić information content (AvgIpc) is 3.20. The zero-order valence-electron chi connectivity index (χ0n) is 31.3. The van der Waals surface area contributed by atoms with Gasteiger partial charge in [0.15, 0.2) is 0 Å². The molecule has 3 aromatic rings. The van der Waals surface area contributed by atoms with Crippen LogP contribution in [0.4, 0.5) is 5.69 Å². The van der Waals surface area contributed by atoms with Crippen molar-refractivity contribution in [1.29, 1.82) is 0 Å². The molecule has 0 amide bonds. The van der Waals surface area contributed by atoms with Gasteiger partial charge in [0.1, 0.15) is 0 Å². The summed E-state index contributed by atoms with van der Waals surface area (Å²) in [5.74, 6) is 1.56. The molecule has 0 radical (unpaired) electrons. The number of allylic oxidation sites excluding steroid dienone is 16. The van der Waals surface area contributed by atoms with Crippen LogP contribution in [0.25, 0.3) is 11.1 Å². The number of nitrogens with zero attached hydrogens (tertiary/aromatic N) is 1. The van der Waals surface area contributed by atoms with Crippen LogP contribution in [0.2, 0.25) is 0 Å². The fourth-order valence-electron chi connectivity index (χ4n) is 8.27. The zero-order valence-corrected chi connectivity index (χ0v) is 32.2. The fraction of sp³-hybridized carbons (Fsp3) is 0.240. The van der Waals surface area contributed by atoms with Gasteiger partial charge in [-0.15, -0.1) is 12.6 Å². The minimum Gasteiger partial charge on any atom is -0.380 e. The third-order valence-electron chi connectivity index (χ3n) is 11.3. The summed E-state index contributed by atoms with van der Waals surface area (Å²) in [6, 6.07) is 30.5. The Kier molecular flexibility index (Phi) is 11.5. The van der Waals surface area contributed by atoms with Crippen LogP contribution in [0.1, 0.15) is 62.6 Å². The molecular weight excluding hydrogens is 661 g/mol. The molecule has 4 aliphatic rings. The van der Waals surface area contributed by atoms with Gasteiger partial charge >= 0.3 is 0 Å². The summed E-state index contributed by atoms with van der Waals surface area (Å²) >= 11 is 4.92. The summed E-state index contributed by atoms with van der Waals surface area (Å²) in [7, 11) is 0. The topological polar surface area (TPSA) is 15.3 Å². The van der Waals surface area contributed by atoms with Crippen molar-refractivity contribution in [1.82, 2.24) is 4.90 Å². The molecule has 268 valence electrons. The molecule has 1 N–H and O–H groups in total. The summed E-state index contributed by atoms with van der Waals surface area (Å²) in [5, 5.41) is 3.99. The van der Waals surface area contributed by atoms with E-state index in [0.717, 1.165) is 41.8 Å². The van der Waals surface area contributed by atoms with Gasteiger partial charge < -0.3 is 10.2 Å². The lowest BCUT2D eigenvalue weighted by molar-refractivity contribution is 0.301. The minimum atomic E-state index is 0.232. The Hall–Kier alpha value is -4.99. The smallest absolute Gasteiger partial charge is 0.0500 e. The molecule has 5 atom stereocenters. The van der Waals surface area contributed by atoms with Gasteiger partial charge in [0.2, 0.25) is 0 Å². The number of rotatable bonds is 9. The molecule has 1 aliphatic heterocycles. The summed E-state index contributed by atoms with van der Waals surface area (Å²) in [6.45, 7) is 12.2. The predicted octanol–water partition coefficient (Wildman–Crippen LogP) is 12.9. The van der Waals surface area contributed by atoms with Gasteiger partial charge in [-0.3, -0.25) is 0 Å². The van der Waals surface area contributed by atoms with Crippen LogP contribution in [0.15, 0.2) is 192 Å². The Morgan fingerprint density at radius 1 is 0.830 bits per heavy atom. The maximum atomic E-state index is 4.92. The van der Waals surface area contributed by atoms with E-state index >= 15 is 0 Å². The molecule has 3 aromatic carbocycles. The molecule has 0 aromatic heterocycles. The SMILES string of the molecule is C=C(/C=C\C=C(/S)C1=CC=C(N2CC(Nc3ccc(C4C=CC=C(c5ccccc5)C4)cc3)C(C)/C=C(\C)C3C2=CC=CC3C)CC1)c1ccccc1. The van der Waals surface area contributed by atoms with Crippen LogP contribution in [-0.4, -0.2) is 17.5 Å². The molecule has 5 unspecified atom stereocenters. The normalized spacial score (nSPS) is 25.6. The first-order valence-corrected chi connectivity index (χ1v) is 19.6. The second-order valence-corrected chi connectivity index (χ2v) is 15.5. The van der Waals surface area contributed by atoms with Gasteiger partial charge in [-0.2, -0.15) is 0 Å². The highest BCUT2D eigenvalue weighted by molar-refractivity contribution is 7.84. The molecule has 0 saturated carbocycles. The number of hydrogen-bond donors (Lipinski definition) is 2. The van der Waals surface area contributed by atoms with E-state index in [1.54, 1.807) is 0 Å². The van der Waals surface area contributed by atoms with Crippen LogP contribution in [0.5, 0.6) is 0 Å². The quantitative estimate of drug-likeness (QED) is 0.130.